The van der Waals surface area contributed by atoms with Gasteiger partial charge in [0.15, 0.2) is 11.6 Å². The first-order valence-corrected chi connectivity index (χ1v) is 10.7. The number of carbonyl (C=O) groups excluding carboxylic acids is 1. The Morgan fingerprint density at radius 3 is 2.73 bits per heavy atom. The molecular weight excluding hydrogens is 493 g/mol. The zero-order chi connectivity index (χ0) is 20.6. The van der Waals surface area contributed by atoms with Crippen LogP contribution in [0.3, 0.4) is 0 Å². The highest BCUT2D eigenvalue weighted by Crippen LogP contribution is 2.13. The Morgan fingerprint density at radius 1 is 1.27 bits per heavy atom. The highest BCUT2D eigenvalue weighted by atomic mass is 127. The van der Waals surface area contributed by atoms with Crippen LogP contribution in [0, 0.1) is 5.92 Å². The average Bonchev–Trinajstić information content (AvgIpc) is 3.14. The van der Waals surface area contributed by atoms with Crippen LogP contribution in [-0.2, 0) is 11.2 Å². The second-order valence-electron chi connectivity index (χ2n) is 7.81. The number of aryl methyl sites for hydroxylation is 1. The second kappa shape index (κ2) is 12.1. The number of carbonyl (C=O) groups is 1. The molecule has 0 saturated carbocycles. The number of nitrogens with zero attached hydrogens (tertiary/aromatic N) is 5. The van der Waals surface area contributed by atoms with Crippen molar-refractivity contribution in [1.29, 1.82) is 0 Å². The van der Waals surface area contributed by atoms with Crippen molar-refractivity contribution in [3.05, 3.63) is 30.2 Å². The Bertz CT molecular complexity index is 828. The van der Waals surface area contributed by atoms with E-state index >= 15 is 0 Å². The molecular formula is C21H34IN7O. The van der Waals surface area contributed by atoms with Gasteiger partial charge in [-0.1, -0.05) is 19.9 Å². The molecule has 9 heteroatoms. The number of aliphatic imine (C=N–C) groups is 1. The number of pyridine rings is 1. The van der Waals surface area contributed by atoms with Gasteiger partial charge in [0.05, 0.1) is 0 Å². The molecule has 2 aromatic heterocycles. The maximum Gasteiger partial charge on any atom is 0.225 e. The topological polar surface area (TPSA) is 86.9 Å². The first-order valence-electron chi connectivity index (χ1n) is 10.7. The van der Waals surface area contributed by atoms with E-state index in [1.54, 1.807) is 0 Å². The fraction of sp³-hybridized carbons (Fsp3) is 0.619. The Kier molecular flexibility index (Phi) is 9.80. The number of aromatic nitrogens is 3. The van der Waals surface area contributed by atoms with Crippen LogP contribution in [0.2, 0.25) is 0 Å². The zero-order valence-corrected chi connectivity index (χ0v) is 20.5. The van der Waals surface area contributed by atoms with Gasteiger partial charge in [0.1, 0.15) is 5.82 Å². The largest absolute Gasteiger partial charge is 0.357 e. The second-order valence-corrected chi connectivity index (χ2v) is 7.81. The van der Waals surface area contributed by atoms with Gasteiger partial charge in [-0.2, -0.15) is 0 Å². The van der Waals surface area contributed by atoms with Crippen molar-refractivity contribution in [1.82, 2.24) is 30.1 Å². The molecule has 1 aliphatic rings. The first kappa shape index (κ1) is 24.4. The van der Waals surface area contributed by atoms with Crippen LogP contribution >= 0.6 is 24.0 Å². The molecule has 8 nitrogen and oxygen atoms in total. The number of hydrogen-bond acceptors (Lipinski definition) is 4. The van der Waals surface area contributed by atoms with E-state index in [0.717, 1.165) is 69.3 Å². The highest BCUT2D eigenvalue weighted by Gasteiger charge is 2.24. The minimum Gasteiger partial charge on any atom is -0.357 e. The zero-order valence-electron chi connectivity index (χ0n) is 18.2. The van der Waals surface area contributed by atoms with Crippen molar-refractivity contribution in [2.75, 3.05) is 26.2 Å². The molecule has 3 heterocycles. The molecule has 1 saturated heterocycles. The number of fused-ring (bicyclic) bond motifs is 1. The van der Waals surface area contributed by atoms with Crippen molar-refractivity contribution in [3.8, 4) is 0 Å². The lowest BCUT2D eigenvalue weighted by Crippen LogP contribution is -2.50. The van der Waals surface area contributed by atoms with Gasteiger partial charge in [0, 0.05) is 50.8 Å². The van der Waals surface area contributed by atoms with Crippen LogP contribution in [0.15, 0.2) is 29.4 Å². The Balaban J connectivity index is 0.00000320. The molecule has 0 bridgehead atoms. The summed E-state index contributed by atoms with van der Waals surface area (Å²) in [5.74, 6) is 2.15. The summed E-state index contributed by atoms with van der Waals surface area (Å²) < 4.78 is 2.03. The van der Waals surface area contributed by atoms with E-state index in [4.69, 9.17) is 4.99 Å². The van der Waals surface area contributed by atoms with E-state index < -0.39 is 0 Å². The van der Waals surface area contributed by atoms with Gasteiger partial charge in [-0.05, 0) is 38.3 Å². The van der Waals surface area contributed by atoms with Gasteiger partial charge in [-0.15, -0.1) is 34.2 Å². The van der Waals surface area contributed by atoms with Gasteiger partial charge in [0.25, 0.3) is 0 Å². The number of guanidine groups is 1. The molecule has 2 N–H and O–H groups in total. The molecule has 0 radical (unpaired) electrons. The van der Waals surface area contributed by atoms with Crippen LogP contribution in [-0.4, -0.2) is 63.6 Å². The summed E-state index contributed by atoms with van der Waals surface area (Å²) in [6.07, 6.45) is 5.65. The summed E-state index contributed by atoms with van der Waals surface area (Å²) in [5.41, 5.74) is 0.878. The van der Waals surface area contributed by atoms with Crippen LogP contribution in [0.4, 0.5) is 0 Å². The van der Waals surface area contributed by atoms with Gasteiger partial charge in [-0.3, -0.25) is 14.2 Å². The number of amides is 1. The summed E-state index contributed by atoms with van der Waals surface area (Å²) in [5, 5.41) is 15.3. The van der Waals surface area contributed by atoms with Gasteiger partial charge in [-0.25, -0.2) is 0 Å². The number of hydrogen-bond donors (Lipinski definition) is 2. The third-order valence-corrected chi connectivity index (χ3v) is 5.20. The predicted octanol–water partition coefficient (Wildman–Crippen LogP) is 2.48. The van der Waals surface area contributed by atoms with E-state index in [1.807, 2.05) is 47.5 Å². The average molecular weight is 527 g/mol. The molecule has 166 valence electrons. The molecule has 0 aromatic carbocycles. The summed E-state index contributed by atoms with van der Waals surface area (Å²) in [6.45, 7) is 9.18. The maximum absolute atomic E-state index is 12.1. The summed E-state index contributed by atoms with van der Waals surface area (Å²) in [4.78, 5) is 18.8. The molecule has 30 heavy (non-hydrogen) atoms. The molecule has 3 rings (SSSR count). The first-order chi connectivity index (χ1) is 14.1. The number of rotatable bonds is 7. The van der Waals surface area contributed by atoms with Crippen molar-refractivity contribution in [2.45, 2.75) is 52.5 Å². The van der Waals surface area contributed by atoms with Crippen LogP contribution in [0.5, 0.6) is 0 Å². The van der Waals surface area contributed by atoms with Crippen molar-refractivity contribution >= 4 is 41.5 Å². The number of likely N-dealkylation sites (tertiary alicyclic amines) is 1. The van der Waals surface area contributed by atoms with Gasteiger partial charge >= 0.3 is 0 Å². The molecule has 0 aliphatic carbocycles. The molecule has 2 aromatic rings. The fourth-order valence-corrected chi connectivity index (χ4v) is 3.61. The van der Waals surface area contributed by atoms with Crippen molar-refractivity contribution in [3.63, 3.8) is 0 Å². The highest BCUT2D eigenvalue weighted by molar-refractivity contribution is 14.0. The van der Waals surface area contributed by atoms with Crippen LogP contribution < -0.4 is 10.6 Å². The van der Waals surface area contributed by atoms with E-state index in [2.05, 4.69) is 27.8 Å². The molecule has 0 spiro atoms. The number of halogens is 1. The number of piperidine rings is 1. The predicted molar refractivity (Wildman–Crippen MR) is 130 cm³/mol. The minimum absolute atomic E-state index is 0. The summed E-state index contributed by atoms with van der Waals surface area (Å²) in [6, 6.07) is 6.27. The molecule has 1 aliphatic heterocycles. The smallest absolute Gasteiger partial charge is 0.225 e. The summed E-state index contributed by atoms with van der Waals surface area (Å²) >= 11 is 0. The lowest BCUT2D eigenvalue weighted by atomic mass is 10.0. The Labute approximate surface area is 195 Å². The van der Waals surface area contributed by atoms with Crippen molar-refractivity contribution in [2.24, 2.45) is 10.9 Å². The molecule has 0 atom stereocenters. The van der Waals surface area contributed by atoms with Crippen molar-refractivity contribution < 1.29 is 4.79 Å². The van der Waals surface area contributed by atoms with Crippen LogP contribution in [0.1, 0.15) is 45.9 Å². The molecule has 0 unspecified atom stereocenters. The van der Waals surface area contributed by atoms with E-state index in [1.165, 1.54) is 0 Å². The third-order valence-electron chi connectivity index (χ3n) is 5.20. The quantitative estimate of drug-likeness (QED) is 0.250. The Hall–Kier alpha value is -1.91. The molecule has 1 fully saturated rings. The lowest BCUT2D eigenvalue weighted by molar-refractivity contribution is -0.135. The molecule has 1 amide bonds. The Morgan fingerprint density at radius 2 is 2.03 bits per heavy atom. The van der Waals surface area contributed by atoms with E-state index in [9.17, 15) is 4.79 Å². The lowest BCUT2D eigenvalue weighted by Gasteiger charge is -2.34. The maximum atomic E-state index is 12.1. The van der Waals surface area contributed by atoms with E-state index in [-0.39, 0.29) is 35.8 Å². The minimum atomic E-state index is 0. The van der Waals surface area contributed by atoms with Crippen LogP contribution in [0.25, 0.3) is 5.65 Å². The van der Waals surface area contributed by atoms with Gasteiger partial charge < -0.3 is 15.5 Å². The van der Waals surface area contributed by atoms with E-state index in [0.29, 0.717) is 6.04 Å². The SMILES string of the molecule is CCNC(=NCCCc1nnc2ccccn12)NC1CCN(C(=O)C(C)C)CC1.I. The monoisotopic (exact) mass is 527 g/mol. The summed E-state index contributed by atoms with van der Waals surface area (Å²) in [7, 11) is 0. The third kappa shape index (κ3) is 6.55. The number of nitrogens with one attached hydrogen (secondary N) is 2. The standard InChI is InChI=1S/C21H33N7O.HI/c1-4-22-21(24-17-10-14-27(15-11-17)20(29)16(2)3)23-12-7-9-19-26-25-18-8-5-6-13-28(18)19;/h5-6,8,13,16-17H,4,7,9-12,14-15H2,1-3H3,(H2,22,23,24);1H. The fourth-order valence-electron chi connectivity index (χ4n) is 3.61. The normalized spacial score (nSPS) is 15.3. The van der Waals surface area contributed by atoms with Gasteiger partial charge in [0.2, 0.25) is 5.91 Å².